The second-order valence-electron chi connectivity index (χ2n) is 4.39. The Kier molecular flexibility index (Phi) is 5.99. The molecule has 2 N–H and O–H groups in total. The Morgan fingerprint density at radius 1 is 1.09 bits per heavy atom. The van der Waals surface area contributed by atoms with Gasteiger partial charge < -0.3 is 24.4 Å². The van der Waals surface area contributed by atoms with Crippen molar-refractivity contribution in [1.82, 2.24) is 0 Å². The van der Waals surface area contributed by atoms with Crippen LogP contribution in [0.3, 0.4) is 0 Å². The Morgan fingerprint density at radius 3 is 2.43 bits per heavy atom. The van der Waals surface area contributed by atoms with Gasteiger partial charge in [0.25, 0.3) is 0 Å². The summed E-state index contributed by atoms with van der Waals surface area (Å²) in [4.78, 5) is 11.2. The zero-order valence-corrected chi connectivity index (χ0v) is 13.2. The number of benzene rings is 2. The molecule has 0 aromatic heterocycles. The fraction of sp³-hybridized carbons (Fsp3) is 0.188. The first-order chi connectivity index (χ1) is 11.1. The lowest BCUT2D eigenvalue weighted by Gasteiger charge is -2.13. The number of aromatic hydroxyl groups is 1. The van der Waals surface area contributed by atoms with Crippen molar-refractivity contribution in [1.29, 1.82) is 0 Å². The molecule has 2 aromatic rings. The Balaban J connectivity index is 2.09. The number of phenols is 1. The van der Waals surface area contributed by atoms with E-state index in [2.05, 4.69) is 0 Å². The normalized spacial score (nSPS) is 10.1. The van der Waals surface area contributed by atoms with E-state index in [0.717, 1.165) is 0 Å². The standard InChI is InChI=1S/C16H16O6S/c1-23-10-22-14-8-12(7-13(17)15(14)16(18)19)21-9-20-11-5-3-2-4-6-11/h2-8,17H,9-10H2,1H3,(H,18,19). The minimum atomic E-state index is -1.27. The van der Waals surface area contributed by atoms with Gasteiger partial charge in [0.05, 0.1) is 0 Å². The lowest BCUT2D eigenvalue weighted by molar-refractivity contribution is 0.0689. The number of carbonyl (C=O) groups is 1. The van der Waals surface area contributed by atoms with Crippen molar-refractivity contribution < 1.29 is 29.2 Å². The van der Waals surface area contributed by atoms with Crippen molar-refractivity contribution in [3.8, 4) is 23.0 Å². The Morgan fingerprint density at radius 2 is 1.78 bits per heavy atom. The minimum Gasteiger partial charge on any atom is -0.507 e. The number of hydrogen-bond donors (Lipinski definition) is 2. The lowest BCUT2D eigenvalue weighted by Crippen LogP contribution is -2.07. The average Bonchev–Trinajstić information content (AvgIpc) is 2.53. The number of aromatic carboxylic acids is 1. The molecular weight excluding hydrogens is 320 g/mol. The molecule has 0 saturated carbocycles. The summed E-state index contributed by atoms with van der Waals surface area (Å²) < 4.78 is 16.1. The molecule has 0 radical (unpaired) electrons. The van der Waals surface area contributed by atoms with E-state index in [-0.39, 0.29) is 29.8 Å². The summed E-state index contributed by atoms with van der Waals surface area (Å²) in [6.07, 6.45) is 1.81. The Hall–Kier alpha value is -2.54. The molecule has 0 aliphatic rings. The van der Waals surface area contributed by atoms with Gasteiger partial charge in [0, 0.05) is 12.1 Å². The molecule has 0 aliphatic carbocycles. The van der Waals surface area contributed by atoms with Crippen LogP contribution in [-0.2, 0) is 0 Å². The second-order valence-corrected chi connectivity index (χ2v) is 5.20. The minimum absolute atomic E-state index is 0.0431. The van der Waals surface area contributed by atoms with Gasteiger partial charge in [-0.15, -0.1) is 11.8 Å². The van der Waals surface area contributed by atoms with Crippen molar-refractivity contribution in [2.45, 2.75) is 0 Å². The molecule has 23 heavy (non-hydrogen) atoms. The molecule has 0 saturated heterocycles. The number of thioether (sulfide) groups is 1. The number of carboxylic acids is 1. The lowest BCUT2D eigenvalue weighted by atomic mass is 10.1. The summed E-state index contributed by atoms with van der Waals surface area (Å²) in [6, 6.07) is 11.7. The molecule has 0 atom stereocenters. The third kappa shape index (κ3) is 4.72. The Bertz CT molecular complexity index is 659. The SMILES string of the molecule is CSCOc1cc(OCOc2ccccc2)cc(O)c1C(=O)O. The summed E-state index contributed by atoms with van der Waals surface area (Å²) >= 11 is 1.38. The molecule has 0 aliphatic heterocycles. The van der Waals surface area contributed by atoms with Gasteiger partial charge in [-0.05, 0) is 18.4 Å². The van der Waals surface area contributed by atoms with Crippen LogP contribution in [0.15, 0.2) is 42.5 Å². The van der Waals surface area contributed by atoms with Gasteiger partial charge in [0.2, 0.25) is 6.79 Å². The predicted molar refractivity (Wildman–Crippen MR) is 86.6 cm³/mol. The third-order valence-electron chi connectivity index (χ3n) is 2.80. The van der Waals surface area contributed by atoms with Gasteiger partial charge in [0.15, 0.2) is 0 Å². The van der Waals surface area contributed by atoms with Crippen LogP contribution in [0.1, 0.15) is 10.4 Å². The van der Waals surface area contributed by atoms with Crippen LogP contribution in [0.5, 0.6) is 23.0 Å². The highest BCUT2D eigenvalue weighted by Crippen LogP contribution is 2.34. The highest BCUT2D eigenvalue weighted by atomic mass is 32.2. The zero-order valence-electron chi connectivity index (χ0n) is 12.4. The number of hydrogen-bond acceptors (Lipinski definition) is 6. The molecule has 0 unspecified atom stereocenters. The van der Waals surface area contributed by atoms with Crippen molar-refractivity contribution in [3.63, 3.8) is 0 Å². The molecule has 0 bridgehead atoms. The van der Waals surface area contributed by atoms with Gasteiger partial charge in [-0.1, -0.05) is 18.2 Å². The summed E-state index contributed by atoms with van der Waals surface area (Å²) in [6.45, 7) is -0.0855. The van der Waals surface area contributed by atoms with E-state index in [1.807, 2.05) is 24.5 Å². The highest BCUT2D eigenvalue weighted by molar-refractivity contribution is 7.98. The number of rotatable bonds is 8. The average molecular weight is 336 g/mol. The van der Waals surface area contributed by atoms with Crippen LogP contribution in [0.2, 0.25) is 0 Å². The molecule has 0 amide bonds. The van der Waals surface area contributed by atoms with Crippen molar-refractivity contribution in [2.75, 3.05) is 19.0 Å². The smallest absolute Gasteiger partial charge is 0.343 e. The first-order valence-electron chi connectivity index (χ1n) is 6.64. The van der Waals surface area contributed by atoms with Crippen LogP contribution >= 0.6 is 11.8 Å². The van der Waals surface area contributed by atoms with Crippen LogP contribution in [-0.4, -0.2) is 35.2 Å². The molecule has 0 heterocycles. The maximum Gasteiger partial charge on any atom is 0.343 e. The van der Waals surface area contributed by atoms with Crippen LogP contribution in [0.4, 0.5) is 0 Å². The quantitative estimate of drug-likeness (QED) is 0.716. The topological polar surface area (TPSA) is 85.2 Å². The van der Waals surface area contributed by atoms with Gasteiger partial charge >= 0.3 is 5.97 Å². The molecule has 0 fully saturated rings. The van der Waals surface area contributed by atoms with E-state index in [4.69, 9.17) is 19.3 Å². The molecule has 122 valence electrons. The van der Waals surface area contributed by atoms with Crippen LogP contribution in [0.25, 0.3) is 0 Å². The Labute approximate surface area is 137 Å². The van der Waals surface area contributed by atoms with E-state index >= 15 is 0 Å². The van der Waals surface area contributed by atoms with Gasteiger partial charge in [0.1, 0.15) is 34.5 Å². The molecular formula is C16H16O6S. The fourth-order valence-corrected chi connectivity index (χ4v) is 2.04. The second kappa shape index (κ2) is 8.19. The van der Waals surface area contributed by atoms with Crippen molar-refractivity contribution >= 4 is 17.7 Å². The molecule has 0 spiro atoms. The van der Waals surface area contributed by atoms with Gasteiger partial charge in [-0.3, -0.25) is 0 Å². The van der Waals surface area contributed by atoms with E-state index in [1.54, 1.807) is 12.1 Å². The van der Waals surface area contributed by atoms with Crippen LogP contribution < -0.4 is 14.2 Å². The predicted octanol–water partition coefficient (Wildman–Crippen LogP) is 3.21. The first kappa shape index (κ1) is 16.8. The van der Waals surface area contributed by atoms with E-state index in [9.17, 15) is 9.90 Å². The third-order valence-corrected chi connectivity index (χ3v) is 3.15. The van der Waals surface area contributed by atoms with Gasteiger partial charge in [-0.2, -0.15) is 0 Å². The maximum absolute atomic E-state index is 11.2. The summed E-state index contributed by atoms with van der Waals surface area (Å²) in [7, 11) is 0. The fourth-order valence-electron chi connectivity index (χ4n) is 1.79. The summed E-state index contributed by atoms with van der Waals surface area (Å²) in [5, 5.41) is 19.0. The van der Waals surface area contributed by atoms with Crippen LogP contribution in [0, 0.1) is 0 Å². The number of para-hydroxylation sites is 1. The first-order valence-corrected chi connectivity index (χ1v) is 8.04. The number of carboxylic acid groups (broad SMARTS) is 1. The van der Waals surface area contributed by atoms with E-state index < -0.39 is 11.7 Å². The van der Waals surface area contributed by atoms with Crippen molar-refractivity contribution in [3.05, 3.63) is 48.0 Å². The molecule has 7 heteroatoms. The highest BCUT2D eigenvalue weighted by Gasteiger charge is 2.19. The number of ether oxygens (including phenoxy) is 3. The largest absolute Gasteiger partial charge is 0.507 e. The summed E-state index contributed by atoms with van der Waals surface area (Å²) in [5.41, 5.74) is -0.296. The maximum atomic E-state index is 11.2. The monoisotopic (exact) mass is 336 g/mol. The summed E-state index contributed by atoms with van der Waals surface area (Å²) in [5.74, 6) is -0.515. The van der Waals surface area contributed by atoms with Crippen molar-refractivity contribution in [2.24, 2.45) is 0 Å². The molecule has 6 nitrogen and oxygen atoms in total. The van der Waals surface area contributed by atoms with E-state index in [0.29, 0.717) is 5.75 Å². The zero-order chi connectivity index (χ0) is 16.7. The van der Waals surface area contributed by atoms with Gasteiger partial charge in [-0.25, -0.2) is 4.79 Å². The molecule has 2 aromatic carbocycles. The van der Waals surface area contributed by atoms with E-state index in [1.165, 1.54) is 23.9 Å². The molecule has 2 rings (SSSR count).